The second-order valence-electron chi connectivity index (χ2n) is 12.1. The number of unbranched alkanes of at least 4 members (excludes halogenated alkanes) is 10. The third kappa shape index (κ3) is 37.0. The maximum Gasteiger partial charge on any atom is 0.472 e. The number of esters is 1. The van der Waals surface area contributed by atoms with Crippen molar-refractivity contribution < 1.29 is 32.8 Å². The van der Waals surface area contributed by atoms with E-state index < -0.39 is 19.9 Å². The Hall–Kier alpha value is -2.06. The Bertz CT molecular complexity index is 974. The molecule has 2 atom stereocenters. The largest absolute Gasteiger partial charge is 0.472 e. The quantitative estimate of drug-likeness (QED) is 0.0289. The Morgan fingerprint density at radius 1 is 0.633 bits per heavy atom. The van der Waals surface area contributed by atoms with Crippen molar-refractivity contribution in [2.24, 2.45) is 5.73 Å². The maximum atomic E-state index is 12.5. The van der Waals surface area contributed by atoms with E-state index in [4.69, 9.17) is 24.3 Å². The summed E-state index contributed by atoms with van der Waals surface area (Å²) in [7, 11) is -4.30. The average Bonchev–Trinajstić information content (AvgIpc) is 3.09. The predicted octanol–water partition coefficient (Wildman–Crippen LogP) is 10.8. The van der Waals surface area contributed by atoms with Crippen LogP contribution in [-0.2, 0) is 27.9 Å². The topological polar surface area (TPSA) is 117 Å². The minimum Gasteiger partial charge on any atom is -0.457 e. The van der Waals surface area contributed by atoms with Gasteiger partial charge in [-0.05, 0) is 70.6 Å². The molecule has 0 saturated carbocycles. The summed E-state index contributed by atoms with van der Waals surface area (Å²) in [5, 5.41) is 0. The first-order valence-corrected chi connectivity index (χ1v) is 20.4. The SMILES string of the molecule is CC/C=C\C/C=C\C/C=C\C/C=C\CCC(=O)OC(COCCCCCCCC/C=C\C/C=C\CCCCCC)COP(=O)(O)OCCN. The van der Waals surface area contributed by atoms with Crippen molar-refractivity contribution >= 4 is 13.8 Å². The molecule has 0 spiro atoms. The van der Waals surface area contributed by atoms with Crippen LogP contribution in [0.15, 0.2) is 72.9 Å². The van der Waals surface area contributed by atoms with Gasteiger partial charge in [0.1, 0.15) is 6.10 Å². The number of phosphoric acid groups is 1. The number of rotatable bonds is 35. The first kappa shape index (κ1) is 46.9. The number of ether oxygens (including phenoxy) is 2. The van der Waals surface area contributed by atoms with Gasteiger partial charge in [0.05, 0.1) is 19.8 Å². The number of carbonyl (C=O) groups is 1. The lowest BCUT2D eigenvalue weighted by Gasteiger charge is -2.19. The lowest BCUT2D eigenvalue weighted by Crippen LogP contribution is -2.28. The molecular weight excluding hydrogens is 637 g/mol. The summed E-state index contributed by atoms with van der Waals surface area (Å²) in [6.45, 7) is 4.63. The molecular formula is C40H70NO7P. The van der Waals surface area contributed by atoms with Crippen molar-refractivity contribution in [2.45, 2.75) is 142 Å². The summed E-state index contributed by atoms with van der Waals surface area (Å²) in [4.78, 5) is 22.3. The van der Waals surface area contributed by atoms with E-state index in [0.717, 1.165) is 57.8 Å². The molecule has 0 rings (SSSR count). The van der Waals surface area contributed by atoms with Gasteiger partial charge in [-0.15, -0.1) is 0 Å². The van der Waals surface area contributed by atoms with Gasteiger partial charge in [0, 0.05) is 19.6 Å². The molecule has 0 bridgehead atoms. The Morgan fingerprint density at radius 3 is 1.71 bits per heavy atom. The van der Waals surface area contributed by atoms with E-state index in [1.165, 1.54) is 51.4 Å². The molecule has 0 heterocycles. The van der Waals surface area contributed by atoms with Gasteiger partial charge in [-0.3, -0.25) is 13.8 Å². The van der Waals surface area contributed by atoms with Gasteiger partial charge in [-0.1, -0.05) is 132 Å². The number of nitrogens with two attached hydrogens (primary N) is 1. The van der Waals surface area contributed by atoms with Gasteiger partial charge in [0.15, 0.2) is 0 Å². The molecule has 8 nitrogen and oxygen atoms in total. The van der Waals surface area contributed by atoms with Crippen molar-refractivity contribution in [3.8, 4) is 0 Å². The normalized spacial score (nSPS) is 14.4. The molecule has 0 fully saturated rings. The second-order valence-corrected chi connectivity index (χ2v) is 13.5. The van der Waals surface area contributed by atoms with Gasteiger partial charge in [0.2, 0.25) is 0 Å². The zero-order valence-corrected chi connectivity index (χ0v) is 31.8. The summed E-state index contributed by atoms with van der Waals surface area (Å²) in [6, 6.07) is 0. The molecule has 0 aromatic carbocycles. The zero-order valence-electron chi connectivity index (χ0n) is 30.9. The molecule has 0 amide bonds. The Kier molecular flexibility index (Phi) is 35.6. The average molecular weight is 708 g/mol. The Balaban J connectivity index is 4.22. The summed E-state index contributed by atoms with van der Waals surface area (Å²) >= 11 is 0. The monoisotopic (exact) mass is 707 g/mol. The van der Waals surface area contributed by atoms with Gasteiger partial charge in [0.25, 0.3) is 0 Å². The molecule has 9 heteroatoms. The third-order valence-electron chi connectivity index (χ3n) is 7.37. The van der Waals surface area contributed by atoms with E-state index in [9.17, 15) is 14.3 Å². The number of carbonyl (C=O) groups excluding carboxylic acids is 1. The van der Waals surface area contributed by atoms with Crippen LogP contribution in [0.5, 0.6) is 0 Å². The maximum absolute atomic E-state index is 12.5. The fourth-order valence-corrected chi connectivity index (χ4v) is 5.39. The van der Waals surface area contributed by atoms with E-state index in [2.05, 4.69) is 74.6 Å². The molecule has 0 aliphatic heterocycles. The van der Waals surface area contributed by atoms with Gasteiger partial charge in [-0.25, -0.2) is 4.57 Å². The van der Waals surface area contributed by atoms with Crippen LogP contribution in [0.2, 0.25) is 0 Å². The van der Waals surface area contributed by atoms with E-state index >= 15 is 0 Å². The van der Waals surface area contributed by atoms with E-state index in [-0.39, 0.29) is 32.8 Å². The lowest BCUT2D eigenvalue weighted by atomic mass is 10.1. The minimum absolute atomic E-state index is 0.0764. The van der Waals surface area contributed by atoms with Crippen LogP contribution in [0.3, 0.4) is 0 Å². The van der Waals surface area contributed by atoms with Crippen molar-refractivity contribution in [1.82, 2.24) is 0 Å². The minimum atomic E-state index is -4.30. The summed E-state index contributed by atoms with van der Waals surface area (Å²) < 4.78 is 33.2. The summed E-state index contributed by atoms with van der Waals surface area (Å²) in [6.07, 6.45) is 45.0. The van der Waals surface area contributed by atoms with Crippen LogP contribution in [0.25, 0.3) is 0 Å². The highest BCUT2D eigenvalue weighted by atomic mass is 31.2. The molecule has 0 aromatic rings. The van der Waals surface area contributed by atoms with Crippen molar-refractivity contribution in [3.63, 3.8) is 0 Å². The lowest BCUT2D eigenvalue weighted by molar-refractivity contribution is -0.154. The van der Waals surface area contributed by atoms with Crippen LogP contribution < -0.4 is 5.73 Å². The molecule has 49 heavy (non-hydrogen) atoms. The van der Waals surface area contributed by atoms with E-state index in [1.54, 1.807) is 0 Å². The highest BCUT2D eigenvalue weighted by Gasteiger charge is 2.25. The van der Waals surface area contributed by atoms with Crippen LogP contribution >= 0.6 is 7.82 Å². The molecule has 2 unspecified atom stereocenters. The zero-order chi connectivity index (χ0) is 35.9. The summed E-state index contributed by atoms with van der Waals surface area (Å²) in [5.41, 5.74) is 5.34. The molecule has 0 aliphatic rings. The Morgan fingerprint density at radius 2 is 1.14 bits per heavy atom. The van der Waals surface area contributed by atoms with Crippen molar-refractivity contribution in [3.05, 3.63) is 72.9 Å². The molecule has 0 radical (unpaired) electrons. The fraction of sp³-hybridized carbons (Fsp3) is 0.675. The highest BCUT2D eigenvalue weighted by molar-refractivity contribution is 7.47. The Labute approximate surface area is 299 Å². The van der Waals surface area contributed by atoms with Crippen molar-refractivity contribution in [1.29, 1.82) is 0 Å². The fourth-order valence-electron chi connectivity index (χ4n) is 4.63. The number of allylic oxidation sites excluding steroid dienone is 12. The molecule has 282 valence electrons. The number of phosphoric ester groups is 1. The van der Waals surface area contributed by atoms with Crippen LogP contribution in [0.1, 0.15) is 136 Å². The van der Waals surface area contributed by atoms with Gasteiger partial charge >= 0.3 is 13.8 Å². The smallest absolute Gasteiger partial charge is 0.457 e. The second kappa shape index (κ2) is 37.2. The van der Waals surface area contributed by atoms with Gasteiger partial charge in [-0.2, -0.15) is 0 Å². The van der Waals surface area contributed by atoms with E-state index in [0.29, 0.717) is 13.0 Å². The summed E-state index contributed by atoms with van der Waals surface area (Å²) in [5.74, 6) is -0.417. The molecule has 0 aromatic heterocycles. The predicted molar refractivity (Wildman–Crippen MR) is 205 cm³/mol. The molecule has 0 saturated heterocycles. The van der Waals surface area contributed by atoms with Crippen LogP contribution in [0, 0.1) is 0 Å². The van der Waals surface area contributed by atoms with E-state index in [1.807, 2.05) is 12.2 Å². The first-order chi connectivity index (χ1) is 23.9. The third-order valence-corrected chi connectivity index (χ3v) is 8.36. The van der Waals surface area contributed by atoms with Crippen molar-refractivity contribution in [2.75, 3.05) is 33.0 Å². The number of hydrogen-bond donors (Lipinski definition) is 2. The molecule has 3 N–H and O–H groups in total. The highest BCUT2D eigenvalue weighted by Crippen LogP contribution is 2.43. The van der Waals surface area contributed by atoms with Crippen LogP contribution in [-0.4, -0.2) is 49.9 Å². The van der Waals surface area contributed by atoms with Gasteiger partial charge < -0.3 is 20.1 Å². The number of hydrogen-bond acceptors (Lipinski definition) is 7. The first-order valence-electron chi connectivity index (χ1n) is 18.9. The van der Waals surface area contributed by atoms with Crippen LogP contribution in [0.4, 0.5) is 0 Å². The molecule has 0 aliphatic carbocycles. The standard InChI is InChI=1S/C40H70NO7P/c1-3-5-7-9-11-13-15-17-18-19-20-22-24-26-28-30-32-35-45-37-39(38-47-49(43,44)46-36-34-41)48-40(42)33-31-29-27-25-23-21-16-14-12-10-8-6-4-2/h6,8,12-15,18-19,21,23,27,29,39H,3-5,7,9-11,16-17,20,22,24-26,28,30-38,41H2,1-2H3,(H,43,44)/b8-6-,14-12-,15-13-,19-18-,23-21-,29-27-.